The molecule has 0 radical (unpaired) electrons. The lowest BCUT2D eigenvalue weighted by molar-refractivity contribution is -0.118. The predicted octanol–water partition coefficient (Wildman–Crippen LogP) is 4.68. The molecule has 1 aliphatic carbocycles. The van der Waals surface area contributed by atoms with Crippen LogP contribution >= 0.6 is 22.9 Å². The van der Waals surface area contributed by atoms with Gasteiger partial charge < -0.3 is 0 Å². The normalized spacial score (nSPS) is 14.0. The number of aromatic nitrogens is 1. The van der Waals surface area contributed by atoms with E-state index in [1.54, 1.807) is 29.2 Å². The van der Waals surface area contributed by atoms with Gasteiger partial charge in [0.15, 0.2) is 5.13 Å². The lowest BCUT2D eigenvalue weighted by Gasteiger charge is -2.18. The van der Waals surface area contributed by atoms with Gasteiger partial charge in [0.05, 0.1) is 15.5 Å². The van der Waals surface area contributed by atoms with Gasteiger partial charge in [-0.3, -0.25) is 9.69 Å². The van der Waals surface area contributed by atoms with E-state index in [0.29, 0.717) is 16.6 Å². The first-order valence-corrected chi connectivity index (χ1v) is 12.2. The summed E-state index contributed by atoms with van der Waals surface area (Å²) in [6.45, 7) is 1.85. The molecule has 4 rings (SSSR count). The van der Waals surface area contributed by atoms with E-state index in [4.69, 9.17) is 21.7 Å². The van der Waals surface area contributed by atoms with Crippen molar-refractivity contribution in [3.63, 3.8) is 0 Å². The highest BCUT2D eigenvalue weighted by Crippen LogP contribution is 2.43. The van der Waals surface area contributed by atoms with Gasteiger partial charge in [0.1, 0.15) is 0 Å². The third kappa shape index (κ3) is 4.27. The molecule has 0 aliphatic heterocycles. The molecule has 3 aromatic rings. The van der Waals surface area contributed by atoms with Crippen molar-refractivity contribution in [2.45, 2.75) is 37.1 Å². The number of halogens is 1. The van der Waals surface area contributed by atoms with Gasteiger partial charge in [0.25, 0.3) is 0 Å². The molecule has 1 saturated carbocycles. The Morgan fingerprint density at radius 1 is 1.13 bits per heavy atom. The minimum Gasteiger partial charge on any atom is -0.285 e. The zero-order chi connectivity index (χ0) is 21.5. The van der Waals surface area contributed by atoms with Crippen LogP contribution in [0.3, 0.4) is 0 Å². The molecule has 1 aromatic heterocycles. The number of thiazole rings is 1. The van der Waals surface area contributed by atoms with Crippen LogP contribution in [0.5, 0.6) is 0 Å². The fourth-order valence-corrected chi connectivity index (χ4v) is 5.00. The molecule has 6 nitrogen and oxygen atoms in total. The van der Waals surface area contributed by atoms with Gasteiger partial charge in [-0.15, -0.1) is 0 Å². The molecule has 0 atom stereocenters. The molecule has 1 amide bonds. The summed E-state index contributed by atoms with van der Waals surface area (Å²) in [5.74, 6) is 0.0463. The van der Waals surface area contributed by atoms with Crippen LogP contribution < -0.4 is 10.0 Å². The van der Waals surface area contributed by atoms with Crippen molar-refractivity contribution in [3.05, 3.63) is 53.6 Å². The maximum absolute atomic E-state index is 12.6. The van der Waals surface area contributed by atoms with Crippen LogP contribution in [-0.4, -0.2) is 25.4 Å². The van der Waals surface area contributed by atoms with E-state index in [2.05, 4.69) is 0 Å². The highest BCUT2D eigenvalue weighted by molar-refractivity contribution is 7.89. The molecule has 0 bridgehead atoms. The second-order valence-corrected chi connectivity index (χ2v) is 10.1. The molecule has 2 N–H and O–H groups in total. The Morgan fingerprint density at radius 3 is 2.27 bits per heavy atom. The summed E-state index contributed by atoms with van der Waals surface area (Å²) in [6, 6.07) is 13.9. The number of carbonyl (C=O) groups excluding carboxylic acids is 1. The first-order chi connectivity index (χ1) is 14.3. The number of hydrogen-bond acceptors (Lipinski definition) is 5. The molecule has 156 valence electrons. The molecule has 2 aromatic carbocycles. The van der Waals surface area contributed by atoms with E-state index < -0.39 is 10.0 Å². The molecular formula is C21H20ClN3O3S2. The minimum absolute atomic E-state index is 0.0461. The van der Waals surface area contributed by atoms with Crippen molar-refractivity contribution >= 4 is 44.0 Å². The number of hydrogen-bond donors (Lipinski definition) is 1. The van der Waals surface area contributed by atoms with Crippen molar-refractivity contribution in [3.8, 4) is 21.7 Å². The van der Waals surface area contributed by atoms with Crippen LogP contribution in [0.15, 0.2) is 53.4 Å². The summed E-state index contributed by atoms with van der Waals surface area (Å²) >= 11 is 7.47. The Labute approximate surface area is 184 Å². The maximum Gasteiger partial charge on any atom is 0.238 e. The Balaban J connectivity index is 1.84. The van der Waals surface area contributed by atoms with E-state index >= 15 is 0 Å². The van der Waals surface area contributed by atoms with Crippen LogP contribution in [0, 0.1) is 0 Å². The van der Waals surface area contributed by atoms with Gasteiger partial charge in [-0.2, -0.15) is 0 Å². The number of anilines is 1. The van der Waals surface area contributed by atoms with Crippen molar-refractivity contribution in [1.82, 2.24) is 4.98 Å². The fourth-order valence-electron chi connectivity index (χ4n) is 3.18. The number of nitrogens with two attached hydrogens (primary N) is 1. The second-order valence-electron chi connectivity index (χ2n) is 7.10. The van der Waals surface area contributed by atoms with Crippen LogP contribution in [0.4, 0.5) is 5.13 Å². The van der Waals surface area contributed by atoms with Gasteiger partial charge >= 0.3 is 0 Å². The molecule has 9 heteroatoms. The predicted molar refractivity (Wildman–Crippen MR) is 120 cm³/mol. The summed E-state index contributed by atoms with van der Waals surface area (Å²) < 4.78 is 23.2. The first-order valence-electron chi connectivity index (χ1n) is 9.50. The highest BCUT2D eigenvalue weighted by Gasteiger charge is 2.35. The van der Waals surface area contributed by atoms with Crippen molar-refractivity contribution in [2.75, 3.05) is 4.90 Å². The highest BCUT2D eigenvalue weighted by atomic mass is 35.5. The lowest BCUT2D eigenvalue weighted by atomic mass is 10.1. The van der Waals surface area contributed by atoms with E-state index in [1.165, 1.54) is 23.5 Å². The van der Waals surface area contributed by atoms with Crippen LogP contribution in [-0.2, 0) is 14.8 Å². The van der Waals surface area contributed by atoms with Crippen LogP contribution in [0.25, 0.3) is 21.7 Å². The monoisotopic (exact) mass is 461 g/mol. The van der Waals surface area contributed by atoms with Gasteiger partial charge in [0.2, 0.25) is 15.9 Å². The van der Waals surface area contributed by atoms with E-state index in [-0.39, 0.29) is 16.8 Å². The number of rotatable bonds is 6. The van der Waals surface area contributed by atoms with Gasteiger partial charge in [-0.05, 0) is 42.7 Å². The average molecular weight is 462 g/mol. The Morgan fingerprint density at radius 2 is 1.73 bits per heavy atom. The number of primary sulfonamides is 1. The molecule has 0 unspecified atom stereocenters. The topological polar surface area (TPSA) is 93.4 Å². The third-order valence-electron chi connectivity index (χ3n) is 4.87. The van der Waals surface area contributed by atoms with Crippen molar-refractivity contribution in [2.24, 2.45) is 5.14 Å². The molecule has 1 fully saturated rings. The van der Waals surface area contributed by atoms with Gasteiger partial charge in [-0.25, -0.2) is 18.5 Å². The zero-order valence-electron chi connectivity index (χ0n) is 16.2. The number of benzene rings is 2. The SMILES string of the molecule is CCC(=O)N(c1nc(-c2ccc(Cl)cc2)c(-c2ccc(S(N)(=O)=O)cc2)s1)C1CC1. The fraction of sp³-hybridized carbons (Fsp3) is 0.238. The number of carbonyl (C=O) groups is 1. The summed E-state index contributed by atoms with van der Waals surface area (Å²) in [6.07, 6.45) is 2.35. The summed E-state index contributed by atoms with van der Waals surface area (Å²) in [4.78, 5) is 20.1. The van der Waals surface area contributed by atoms with E-state index in [0.717, 1.165) is 34.5 Å². The largest absolute Gasteiger partial charge is 0.285 e. The molecule has 0 saturated heterocycles. The smallest absolute Gasteiger partial charge is 0.238 e. The molecule has 1 aliphatic rings. The Hall–Kier alpha value is -2.26. The number of amides is 1. The molecular weight excluding hydrogens is 442 g/mol. The lowest BCUT2D eigenvalue weighted by Crippen LogP contribution is -2.32. The molecule has 0 spiro atoms. The van der Waals surface area contributed by atoms with E-state index in [1.807, 2.05) is 19.1 Å². The Bertz CT molecular complexity index is 1190. The van der Waals surface area contributed by atoms with Crippen molar-refractivity contribution < 1.29 is 13.2 Å². The molecule has 1 heterocycles. The number of sulfonamides is 1. The second kappa shape index (κ2) is 8.11. The van der Waals surface area contributed by atoms with Gasteiger partial charge in [-0.1, -0.05) is 54.1 Å². The third-order valence-corrected chi connectivity index (χ3v) is 7.15. The molecule has 30 heavy (non-hydrogen) atoms. The Kier molecular flexibility index (Phi) is 5.67. The first kappa shape index (κ1) is 21.0. The van der Waals surface area contributed by atoms with Crippen molar-refractivity contribution in [1.29, 1.82) is 0 Å². The van der Waals surface area contributed by atoms with E-state index in [9.17, 15) is 13.2 Å². The quantitative estimate of drug-likeness (QED) is 0.576. The number of nitrogens with zero attached hydrogens (tertiary/aromatic N) is 2. The van der Waals surface area contributed by atoms with Gasteiger partial charge in [0, 0.05) is 23.0 Å². The van der Waals surface area contributed by atoms with Crippen LogP contribution in [0.2, 0.25) is 5.02 Å². The minimum atomic E-state index is -3.77. The standard InChI is InChI=1S/C21H20ClN3O3S2/c1-2-18(26)25(16-9-10-16)21-24-19(13-3-7-15(22)8-4-13)20(29-21)14-5-11-17(12-6-14)30(23,27)28/h3-8,11-12,16H,2,9-10H2,1H3,(H2,23,27,28). The summed E-state index contributed by atoms with van der Waals surface area (Å²) in [5, 5.41) is 6.49. The maximum atomic E-state index is 12.6. The zero-order valence-corrected chi connectivity index (χ0v) is 18.6. The summed E-state index contributed by atoms with van der Waals surface area (Å²) in [5.41, 5.74) is 2.40. The summed E-state index contributed by atoms with van der Waals surface area (Å²) in [7, 11) is -3.77. The van der Waals surface area contributed by atoms with Crippen LogP contribution in [0.1, 0.15) is 26.2 Å². The average Bonchev–Trinajstić information content (AvgIpc) is 3.46.